The Kier molecular flexibility index (Phi) is 9.88. The third-order valence-corrected chi connectivity index (χ3v) is 1.47. The van der Waals surface area contributed by atoms with Crippen molar-refractivity contribution in [1.29, 1.82) is 0 Å². The molecule has 0 aliphatic heterocycles. The third-order valence-electron chi connectivity index (χ3n) is 1.47. The van der Waals surface area contributed by atoms with Crippen molar-refractivity contribution < 1.29 is 0 Å². The lowest BCUT2D eigenvalue weighted by Gasteiger charge is -2.01. The number of hydrogen-bond donors (Lipinski definition) is 2. The van der Waals surface area contributed by atoms with Crippen LogP contribution in [0.1, 0.15) is 13.8 Å². The van der Waals surface area contributed by atoms with E-state index in [0.29, 0.717) is 0 Å². The summed E-state index contributed by atoms with van der Waals surface area (Å²) < 4.78 is 0. The van der Waals surface area contributed by atoms with Gasteiger partial charge >= 0.3 is 0 Å². The first kappa shape index (κ1) is 11.4. The predicted octanol–water partition coefficient (Wildman–Crippen LogP) is 1.32. The van der Waals surface area contributed by atoms with Crippen LogP contribution in [-0.2, 0) is 0 Å². The van der Waals surface area contributed by atoms with Crippen molar-refractivity contribution in [2.24, 2.45) is 0 Å². The first-order valence-corrected chi connectivity index (χ1v) is 4.55. The maximum absolute atomic E-state index is 3.29. The van der Waals surface area contributed by atoms with Crippen molar-refractivity contribution in [2.75, 3.05) is 26.2 Å². The molecule has 0 radical (unpaired) electrons. The van der Waals surface area contributed by atoms with Crippen LogP contribution in [0.5, 0.6) is 0 Å². The molecule has 0 fully saturated rings. The minimum absolute atomic E-state index is 0.974. The maximum atomic E-state index is 3.29. The predicted molar refractivity (Wildman–Crippen MR) is 55.4 cm³/mol. The summed E-state index contributed by atoms with van der Waals surface area (Å²) in [6.45, 7) is 8.07. The highest BCUT2D eigenvalue weighted by Crippen LogP contribution is 1.68. The summed E-state index contributed by atoms with van der Waals surface area (Å²) in [5.74, 6) is 0. The lowest BCUT2D eigenvalue weighted by Crippen LogP contribution is -2.27. The molecule has 0 saturated carbocycles. The highest BCUT2D eigenvalue weighted by Gasteiger charge is 1.82. The Bertz CT molecular complexity index is 112. The van der Waals surface area contributed by atoms with Gasteiger partial charge in [0.2, 0.25) is 0 Å². The van der Waals surface area contributed by atoms with Gasteiger partial charge in [0.1, 0.15) is 0 Å². The molecule has 2 heteroatoms. The molecule has 0 atom stereocenters. The smallest absolute Gasteiger partial charge is 0.0135 e. The summed E-state index contributed by atoms with van der Waals surface area (Å²) in [4.78, 5) is 0. The average molecular weight is 168 g/mol. The lowest BCUT2D eigenvalue weighted by atomic mass is 10.5. The molecule has 0 bridgehead atoms. The van der Waals surface area contributed by atoms with Crippen molar-refractivity contribution in [3.63, 3.8) is 0 Å². The third kappa shape index (κ3) is 9.40. The van der Waals surface area contributed by atoms with E-state index in [1.165, 1.54) is 0 Å². The molecule has 0 rings (SSSR count). The first-order chi connectivity index (χ1) is 5.91. The Morgan fingerprint density at radius 1 is 0.833 bits per heavy atom. The van der Waals surface area contributed by atoms with Gasteiger partial charge in [-0.2, -0.15) is 0 Å². The molecular formula is C10H20N2. The number of rotatable bonds is 7. The van der Waals surface area contributed by atoms with Crippen LogP contribution in [0.2, 0.25) is 0 Å². The molecule has 70 valence electrons. The number of hydrogen-bond acceptors (Lipinski definition) is 2. The molecule has 0 amide bonds. The second kappa shape index (κ2) is 10.4. The molecule has 0 aromatic carbocycles. The molecule has 2 nitrogen and oxygen atoms in total. The van der Waals surface area contributed by atoms with Gasteiger partial charge in [-0.3, -0.25) is 0 Å². The summed E-state index contributed by atoms with van der Waals surface area (Å²) in [7, 11) is 0. The van der Waals surface area contributed by atoms with Crippen LogP contribution < -0.4 is 10.6 Å². The molecule has 0 heterocycles. The maximum Gasteiger partial charge on any atom is 0.0135 e. The standard InChI is InChI=1S/C10H20N2/c1-3-5-7-11-9-10-12-8-6-4-2/h3-6,11-12H,7-10H2,1-2H3. The van der Waals surface area contributed by atoms with Crippen LogP contribution in [-0.4, -0.2) is 26.2 Å². The molecule has 0 spiro atoms. The van der Waals surface area contributed by atoms with Gasteiger partial charge < -0.3 is 10.6 Å². The highest BCUT2D eigenvalue weighted by molar-refractivity contribution is 4.80. The van der Waals surface area contributed by atoms with Gasteiger partial charge in [-0.25, -0.2) is 0 Å². The quantitative estimate of drug-likeness (QED) is 0.442. The van der Waals surface area contributed by atoms with Gasteiger partial charge in [0.05, 0.1) is 0 Å². The zero-order valence-electron chi connectivity index (χ0n) is 8.14. The van der Waals surface area contributed by atoms with E-state index >= 15 is 0 Å². The van der Waals surface area contributed by atoms with Crippen molar-refractivity contribution in [3.8, 4) is 0 Å². The highest BCUT2D eigenvalue weighted by atomic mass is 14.9. The van der Waals surface area contributed by atoms with Gasteiger partial charge in [-0.1, -0.05) is 24.3 Å². The molecule has 0 aliphatic carbocycles. The molecule has 0 aliphatic rings. The molecule has 0 aromatic heterocycles. The molecule has 0 aromatic rings. The first-order valence-electron chi connectivity index (χ1n) is 4.55. The van der Waals surface area contributed by atoms with Crippen LogP contribution >= 0.6 is 0 Å². The van der Waals surface area contributed by atoms with Crippen molar-refractivity contribution in [2.45, 2.75) is 13.8 Å². The zero-order chi connectivity index (χ0) is 9.07. The van der Waals surface area contributed by atoms with Gasteiger partial charge in [0.25, 0.3) is 0 Å². The molecule has 0 saturated heterocycles. The fourth-order valence-corrected chi connectivity index (χ4v) is 0.783. The second-order valence-corrected chi connectivity index (χ2v) is 2.55. The summed E-state index contributed by atoms with van der Waals surface area (Å²) in [5.41, 5.74) is 0. The lowest BCUT2D eigenvalue weighted by molar-refractivity contribution is 0.667. The van der Waals surface area contributed by atoms with Crippen molar-refractivity contribution in [3.05, 3.63) is 24.3 Å². The average Bonchev–Trinajstić information content (AvgIpc) is 2.10. The van der Waals surface area contributed by atoms with Gasteiger partial charge in [-0.05, 0) is 13.8 Å². The van der Waals surface area contributed by atoms with Crippen LogP contribution in [0.15, 0.2) is 24.3 Å². The van der Waals surface area contributed by atoms with E-state index in [1.807, 2.05) is 13.8 Å². The Morgan fingerprint density at radius 3 is 1.58 bits per heavy atom. The SMILES string of the molecule is CC=CCNCCNCC=CC. The van der Waals surface area contributed by atoms with Crippen LogP contribution in [0.3, 0.4) is 0 Å². The van der Waals surface area contributed by atoms with Gasteiger partial charge in [-0.15, -0.1) is 0 Å². The summed E-state index contributed by atoms with van der Waals surface area (Å²) >= 11 is 0. The van der Waals surface area contributed by atoms with E-state index in [4.69, 9.17) is 0 Å². The normalized spacial score (nSPS) is 11.8. The Hall–Kier alpha value is -0.600. The Balaban J connectivity index is 2.91. The van der Waals surface area contributed by atoms with E-state index in [2.05, 4.69) is 34.9 Å². The van der Waals surface area contributed by atoms with Crippen molar-refractivity contribution in [1.82, 2.24) is 10.6 Å². The molecule has 12 heavy (non-hydrogen) atoms. The summed E-state index contributed by atoms with van der Waals surface area (Å²) in [5, 5.41) is 6.58. The monoisotopic (exact) mass is 168 g/mol. The second-order valence-electron chi connectivity index (χ2n) is 2.55. The van der Waals surface area contributed by atoms with Crippen LogP contribution in [0.25, 0.3) is 0 Å². The van der Waals surface area contributed by atoms with E-state index in [-0.39, 0.29) is 0 Å². The van der Waals surface area contributed by atoms with Gasteiger partial charge in [0.15, 0.2) is 0 Å². The fourth-order valence-electron chi connectivity index (χ4n) is 0.783. The molecule has 2 N–H and O–H groups in total. The summed E-state index contributed by atoms with van der Waals surface area (Å²) in [6.07, 6.45) is 8.35. The van der Waals surface area contributed by atoms with E-state index in [0.717, 1.165) is 26.2 Å². The zero-order valence-corrected chi connectivity index (χ0v) is 8.14. The minimum atomic E-state index is 0.974. The van der Waals surface area contributed by atoms with E-state index in [1.54, 1.807) is 0 Å². The summed E-state index contributed by atoms with van der Waals surface area (Å²) in [6, 6.07) is 0. The Labute approximate surface area is 75.7 Å². The van der Waals surface area contributed by atoms with Gasteiger partial charge in [0, 0.05) is 26.2 Å². The Morgan fingerprint density at radius 2 is 1.25 bits per heavy atom. The van der Waals surface area contributed by atoms with E-state index < -0.39 is 0 Å². The molecule has 0 unspecified atom stereocenters. The van der Waals surface area contributed by atoms with Crippen LogP contribution in [0.4, 0.5) is 0 Å². The van der Waals surface area contributed by atoms with E-state index in [9.17, 15) is 0 Å². The number of allylic oxidation sites excluding steroid dienone is 2. The van der Waals surface area contributed by atoms with Crippen molar-refractivity contribution >= 4 is 0 Å². The minimum Gasteiger partial charge on any atom is -0.312 e. The fraction of sp³-hybridized carbons (Fsp3) is 0.600. The van der Waals surface area contributed by atoms with Crippen LogP contribution in [0, 0.1) is 0 Å². The number of nitrogens with one attached hydrogen (secondary N) is 2. The molecular weight excluding hydrogens is 148 g/mol. The largest absolute Gasteiger partial charge is 0.312 e. The topological polar surface area (TPSA) is 24.1 Å².